The van der Waals surface area contributed by atoms with Crippen molar-refractivity contribution in [3.05, 3.63) is 31.3 Å². The fraction of sp³-hybridized carbons (Fsp3) is 0.500. The molecule has 1 aromatic carbocycles. The minimum Gasteiger partial charge on any atom is -0.388 e. The lowest BCUT2D eigenvalue weighted by Gasteiger charge is -2.35. The third-order valence-electron chi connectivity index (χ3n) is 3.53. The van der Waals surface area contributed by atoms with Gasteiger partial charge in [-0.15, -0.1) is 0 Å². The van der Waals surface area contributed by atoms with Gasteiger partial charge < -0.3 is 14.7 Å². The van der Waals surface area contributed by atoms with Gasteiger partial charge in [0, 0.05) is 48.2 Å². The SMILES string of the molecule is CN(CC1(O)CCOCC1)C(=O)c1cc(Cl)cc(Cl)c1I. The number of hydrogen-bond acceptors (Lipinski definition) is 3. The van der Waals surface area contributed by atoms with E-state index in [0.717, 1.165) is 0 Å². The predicted octanol–water partition coefficient (Wildman–Crippen LogP) is 3.21. The maximum Gasteiger partial charge on any atom is 0.254 e. The molecular weight excluding hydrogens is 428 g/mol. The Morgan fingerprint density at radius 3 is 2.67 bits per heavy atom. The van der Waals surface area contributed by atoms with Crippen molar-refractivity contribution < 1.29 is 14.6 Å². The largest absolute Gasteiger partial charge is 0.388 e. The number of aliphatic hydroxyl groups is 1. The smallest absolute Gasteiger partial charge is 0.254 e. The number of hydrogen-bond donors (Lipinski definition) is 1. The van der Waals surface area contributed by atoms with E-state index in [-0.39, 0.29) is 12.5 Å². The first-order chi connectivity index (χ1) is 9.82. The van der Waals surface area contributed by atoms with Crippen molar-refractivity contribution in [2.24, 2.45) is 0 Å². The third kappa shape index (κ3) is 4.22. The molecule has 0 aliphatic carbocycles. The van der Waals surface area contributed by atoms with Crippen molar-refractivity contribution in [2.45, 2.75) is 18.4 Å². The van der Waals surface area contributed by atoms with Gasteiger partial charge in [-0.3, -0.25) is 4.79 Å². The van der Waals surface area contributed by atoms with Crippen molar-refractivity contribution in [1.29, 1.82) is 0 Å². The summed E-state index contributed by atoms with van der Waals surface area (Å²) < 4.78 is 5.90. The zero-order valence-electron chi connectivity index (χ0n) is 11.5. The van der Waals surface area contributed by atoms with Gasteiger partial charge in [0.05, 0.1) is 16.2 Å². The highest BCUT2D eigenvalue weighted by molar-refractivity contribution is 14.1. The van der Waals surface area contributed by atoms with Gasteiger partial charge in [-0.05, 0) is 34.7 Å². The highest BCUT2D eigenvalue weighted by Crippen LogP contribution is 2.28. The Kier molecular flexibility index (Phi) is 5.76. The van der Waals surface area contributed by atoms with Crippen LogP contribution in [0.1, 0.15) is 23.2 Å². The highest BCUT2D eigenvalue weighted by atomic mass is 127. The van der Waals surface area contributed by atoms with Gasteiger partial charge in [0.2, 0.25) is 0 Å². The predicted molar refractivity (Wildman–Crippen MR) is 91.1 cm³/mol. The van der Waals surface area contributed by atoms with Crippen LogP contribution in [-0.2, 0) is 4.74 Å². The second-order valence-corrected chi connectivity index (χ2v) is 7.17. The Hall–Kier alpha value is -0.0800. The first kappa shape index (κ1) is 17.3. The number of ether oxygens (including phenoxy) is 1. The van der Waals surface area contributed by atoms with E-state index in [4.69, 9.17) is 27.9 Å². The summed E-state index contributed by atoms with van der Waals surface area (Å²) in [5.74, 6) is -0.205. The zero-order chi connectivity index (χ0) is 15.6. The second kappa shape index (κ2) is 7.00. The van der Waals surface area contributed by atoms with Gasteiger partial charge in [0.1, 0.15) is 0 Å². The Morgan fingerprint density at radius 1 is 1.43 bits per heavy atom. The van der Waals surface area contributed by atoms with Crippen LogP contribution in [0, 0.1) is 3.57 Å². The molecule has 1 aliphatic rings. The summed E-state index contributed by atoms with van der Waals surface area (Å²) in [5.41, 5.74) is -0.442. The van der Waals surface area contributed by atoms with E-state index in [1.165, 1.54) is 4.90 Å². The van der Waals surface area contributed by atoms with Gasteiger partial charge in [-0.1, -0.05) is 23.2 Å². The lowest BCUT2D eigenvalue weighted by molar-refractivity contribution is -0.0734. The van der Waals surface area contributed by atoms with Crippen molar-refractivity contribution in [3.8, 4) is 0 Å². The Morgan fingerprint density at radius 2 is 2.05 bits per heavy atom. The third-order valence-corrected chi connectivity index (χ3v) is 5.52. The highest BCUT2D eigenvalue weighted by Gasteiger charge is 2.33. The molecule has 7 heteroatoms. The zero-order valence-corrected chi connectivity index (χ0v) is 15.2. The van der Waals surface area contributed by atoms with Crippen LogP contribution in [0.2, 0.25) is 10.0 Å². The lowest BCUT2D eigenvalue weighted by Crippen LogP contribution is -2.47. The van der Waals surface area contributed by atoms with Gasteiger partial charge in [-0.2, -0.15) is 0 Å². The monoisotopic (exact) mass is 443 g/mol. The molecule has 0 spiro atoms. The first-order valence-electron chi connectivity index (χ1n) is 6.52. The van der Waals surface area contributed by atoms with Crippen LogP contribution in [0.3, 0.4) is 0 Å². The summed E-state index contributed by atoms with van der Waals surface area (Å²) in [7, 11) is 1.67. The van der Waals surface area contributed by atoms with Crippen LogP contribution in [-0.4, -0.2) is 48.3 Å². The molecule has 1 heterocycles. The van der Waals surface area contributed by atoms with E-state index in [9.17, 15) is 9.90 Å². The summed E-state index contributed by atoms with van der Waals surface area (Å²) in [6.07, 6.45) is 1.05. The minimum atomic E-state index is -0.892. The number of halogens is 3. The van der Waals surface area contributed by atoms with Crippen LogP contribution in [0.5, 0.6) is 0 Å². The molecule has 1 saturated heterocycles. The van der Waals surface area contributed by atoms with Crippen molar-refractivity contribution in [2.75, 3.05) is 26.8 Å². The number of carbonyl (C=O) groups is 1. The molecule has 1 fully saturated rings. The molecule has 0 bridgehead atoms. The molecular formula is C14H16Cl2INO3. The average molecular weight is 444 g/mol. The van der Waals surface area contributed by atoms with E-state index in [0.29, 0.717) is 45.2 Å². The molecule has 1 N–H and O–H groups in total. The maximum atomic E-state index is 12.5. The summed E-state index contributed by atoms with van der Waals surface area (Å²) in [6, 6.07) is 3.20. The molecule has 2 rings (SSSR count). The van der Waals surface area contributed by atoms with E-state index in [1.54, 1.807) is 19.2 Å². The quantitative estimate of drug-likeness (QED) is 0.576. The Balaban J connectivity index is 2.16. The number of carbonyl (C=O) groups excluding carboxylic acids is 1. The molecule has 4 nitrogen and oxygen atoms in total. The second-order valence-electron chi connectivity index (χ2n) is 5.25. The number of nitrogens with zero attached hydrogens (tertiary/aromatic N) is 1. The van der Waals surface area contributed by atoms with E-state index in [1.807, 2.05) is 22.6 Å². The van der Waals surface area contributed by atoms with Crippen LogP contribution in [0.25, 0.3) is 0 Å². The van der Waals surface area contributed by atoms with Crippen molar-refractivity contribution in [1.82, 2.24) is 4.90 Å². The summed E-state index contributed by atoms with van der Waals surface area (Å²) in [5, 5.41) is 11.4. The van der Waals surface area contributed by atoms with Crippen LogP contribution in [0.15, 0.2) is 12.1 Å². The standard InChI is InChI=1S/C14H16Cl2INO3/c1-18(8-14(20)2-4-21-5-3-14)13(19)10-6-9(15)7-11(16)12(10)17/h6-7,20H,2-5,8H2,1H3. The molecule has 0 atom stereocenters. The Bertz CT molecular complexity index is 547. The minimum absolute atomic E-state index is 0.205. The summed E-state index contributed by atoms with van der Waals surface area (Å²) >= 11 is 14.0. The topological polar surface area (TPSA) is 49.8 Å². The van der Waals surface area contributed by atoms with Crippen molar-refractivity contribution >= 4 is 51.7 Å². The molecule has 1 amide bonds. The van der Waals surface area contributed by atoms with Crippen LogP contribution >= 0.6 is 45.8 Å². The Labute approximate surface area is 147 Å². The maximum absolute atomic E-state index is 12.5. The molecule has 0 radical (unpaired) electrons. The average Bonchev–Trinajstić information content (AvgIpc) is 2.42. The van der Waals surface area contributed by atoms with Gasteiger partial charge in [0.25, 0.3) is 5.91 Å². The first-order valence-corrected chi connectivity index (χ1v) is 8.36. The van der Waals surface area contributed by atoms with E-state index >= 15 is 0 Å². The fourth-order valence-electron chi connectivity index (χ4n) is 2.34. The molecule has 0 saturated carbocycles. The number of likely N-dealkylation sites (N-methyl/N-ethyl adjacent to an activating group) is 1. The molecule has 0 unspecified atom stereocenters. The van der Waals surface area contributed by atoms with Crippen LogP contribution in [0.4, 0.5) is 0 Å². The molecule has 116 valence electrons. The van der Waals surface area contributed by atoms with Gasteiger partial charge >= 0.3 is 0 Å². The summed E-state index contributed by atoms with van der Waals surface area (Å²) in [4.78, 5) is 14.1. The fourth-order valence-corrected chi connectivity index (χ4v) is 3.38. The van der Waals surface area contributed by atoms with Crippen LogP contribution < -0.4 is 0 Å². The number of benzene rings is 1. The number of rotatable bonds is 3. The molecule has 0 aromatic heterocycles. The summed E-state index contributed by atoms with van der Waals surface area (Å²) in [6.45, 7) is 1.29. The van der Waals surface area contributed by atoms with Gasteiger partial charge in [0.15, 0.2) is 0 Å². The van der Waals surface area contributed by atoms with Crippen molar-refractivity contribution in [3.63, 3.8) is 0 Å². The molecule has 1 aliphatic heterocycles. The van der Waals surface area contributed by atoms with Gasteiger partial charge in [-0.25, -0.2) is 0 Å². The normalized spacial score (nSPS) is 17.6. The van der Waals surface area contributed by atoms with E-state index in [2.05, 4.69) is 0 Å². The molecule has 21 heavy (non-hydrogen) atoms. The number of amides is 1. The molecule has 1 aromatic rings. The lowest BCUT2D eigenvalue weighted by atomic mass is 9.93. The van der Waals surface area contributed by atoms with E-state index < -0.39 is 5.60 Å².